The lowest BCUT2D eigenvalue weighted by Crippen LogP contribution is -2.49. The Bertz CT molecular complexity index is 582. The molecule has 0 radical (unpaired) electrons. The van der Waals surface area contributed by atoms with Crippen LogP contribution in [0.3, 0.4) is 0 Å². The minimum atomic E-state index is 0. The Balaban J connectivity index is 0.00000121. The number of nitrogens with zero attached hydrogens (tertiary/aromatic N) is 3. The molecule has 5 nitrogen and oxygen atoms in total. The van der Waals surface area contributed by atoms with Crippen LogP contribution in [0.5, 0.6) is 0 Å². The number of nitrogens with one attached hydrogen (secondary N) is 1. The van der Waals surface area contributed by atoms with Crippen molar-refractivity contribution in [2.45, 2.75) is 6.04 Å². The fraction of sp³-hybridized carbons (Fsp3) is 0.632. The maximum atomic E-state index is 12.5. The normalized spacial score (nSPS) is 29.0. The summed E-state index contributed by atoms with van der Waals surface area (Å²) >= 11 is 0. The first-order chi connectivity index (χ1) is 11.7. The van der Waals surface area contributed by atoms with Crippen LogP contribution in [0.2, 0.25) is 0 Å². The molecule has 0 aliphatic carbocycles. The van der Waals surface area contributed by atoms with Crippen molar-refractivity contribution >= 4 is 30.7 Å². The molecule has 1 N–H and O–H groups in total. The lowest BCUT2D eigenvalue weighted by atomic mass is 9.90. The number of amides is 1. The fourth-order valence-corrected chi connectivity index (χ4v) is 4.84. The standard InChI is InChI=1S/C19H28N4O.2ClH/c1-21-11-16-12-22(14-18(24)23-9-7-20-8-10-23)13-17(16)19(21)15-5-3-2-4-6-15;;/h2-6,16-17,19-20H,7-14H2,1H3;2*1H/t16-,17+,19-;;/m0../s1. The summed E-state index contributed by atoms with van der Waals surface area (Å²) in [4.78, 5) is 19.4. The average Bonchev–Trinajstić information content (AvgIpc) is 3.12. The smallest absolute Gasteiger partial charge is 0.236 e. The summed E-state index contributed by atoms with van der Waals surface area (Å²) in [6, 6.07) is 11.4. The SMILES string of the molecule is CN1C[C@H]2CN(CC(=O)N3CCNCC3)C[C@H]2[C@@H]1c1ccccc1.Cl.Cl. The zero-order valence-corrected chi connectivity index (χ0v) is 17.0. The summed E-state index contributed by atoms with van der Waals surface area (Å²) in [5, 5.41) is 3.31. The van der Waals surface area contributed by atoms with E-state index in [0.717, 1.165) is 45.8 Å². The summed E-state index contributed by atoms with van der Waals surface area (Å²) in [6.45, 7) is 7.42. The molecule has 3 aliphatic rings. The quantitative estimate of drug-likeness (QED) is 0.833. The maximum Gasteiger partial charge on any atom is 0.236 e. The molecule has 3 aliphatic heterocycles. The van der Waals surface area contributed by atoms with E-state index in [1.165, 1.54) is 5.56 Å². The summed E-state index contributed by atoms with van der Waals surface area (Å²) in [6.07, 6.45) is 0. The first kappa shape index (κ1) is 21.5. The van der Waals surface area contributed by atoms with Gasteiger partial charge in [0, 0.05) is 51.9 Å². The van der Waals surface area contributed by atoms with Crippen LogP contribution in [-0.4, -0.2) is 80.0 Å². The van der Waals surface area contributed by atoms with Crippen molar-refractivity contribution in [2.75, 3.05) is 59.4 Å². The van der Waals surface area contributed by atoms with Crippen LogP contribution in [0, 0.1) is 11.8 Å². The topological polar surface area (TPSA) is 38.8 Å². The second-order valence-electron chi connectivity index (χ2n) is 7.54. The molecule has 0 unspecified atom stereocenters. The van der Waals surface area contributed by atoms with Gasteiger partial charge in [-0.1, -0.05) is 30.3 Å². The molecular weight excluding hydrogens is 371 g/mol. The molecule has 3 saturated heterocycles. The van der Waals surface area contributed by atoms with E-state index in [4.69, 9.17) is 0 Å². The van der Waals surface area contributed by atoms with Crippen molar-refractivity contribution in [3.63, 3.8) is 0 Å². The second kappa shape index (κ2) is 9.38. The van der Waals surface area contributed by atoms with Gasteiger partial charge in [0.1, 0.15) is 0 Å². The molecule has 0 spiro atoms. The van der Waals surface area contributed by atoms with E-state index in [1.807, 2.05) is 4.90 Å². The van der Waals surface area contributed by atoms with Gasteiger partial charge in [0.15, 0.2) is 0 Å². The minimum absolute atomic E-state index is 0. The number of carbonyl (C=O) groups is 1. The van der Waals surface area contributed by atoms with Crippen LogP contribution in [0.25, 0.3) is 0 Å². The summed E-state index contributed by atoms with van der Waals surface area (Å²) in [7, 11) is 2.24. The molecule has 3 heterocycles. The van der Waals surface area contributed by atoms with Crippen molar-refractivity contribution in [1.29, 1.82) is 0 Å². The van der Waals surface area contributed by atoms with E-state index in [0.29, 0.717) is 30.3 Å². The molecule has 0 aromatic heterocycles. The molecule has 1 aromatic rings. The van der Waals surface area contributed by atoms with Crippen LogP contribution in [-0.2, 0) is 4.79 Å². The number of hydrogen-bond acceptors (Lipinski definition) is 4. The van der Waals surface area contributed by atoms with E-state index in [2.05, 4.69) is 52.5 Å². The van der Waals surface area contributed by atoms with Gasteiger partial charge in [-0.15, -0.1) is 24.8 Å². The second-order valence-corrected chi connectivity index (χ2v) is 7.54. The summed E-state index contributed by atoms with van der Waals surface area (Å²) in [5.41, 5.74) is 1.42. The highest BCUT2D eigenvalue weighted by molar-refractivity contribution is 5.85. The zero-order valence-electron chi connectivity index (χ0n) is 15.3. The molecule has 3 fully saturated rings. The number of hydrogen-bond donors (Lipinski definition) is 1. The average molecular weight is 401 g/mol. The number of benzene rings is 1. The minimum Gasteiger partial charge on any atom is -0.339 e. The largest absolute Gasteiger partial charge is 0.339 e. The number of piperazine rings is 1. The summed E-state index contributed by atoms with van der Waals surface area (Å²) in [5.74, 6) is 1.64. The van der Waals surface area contributed by atoms with Crippen molar-refractivity contribution in [3.05, 3.63) is 35.9 Å². The van der Waals surface area contributed by atoms with Crippen LogP contribution in [0.4, 0.5) is 0 Å². The lowest BCUT2D eigenvalue weighted by molar-refractivity contribution is -0.132. The van der Waals surface area contributed by atoms with Gasteiger partial charge in [-0.25, -0.2) is 0 Å². The van der Waals surface area contributed by atoms with E-state index in [1.54, 1.807) is 0 Å². The summed E-state index contributed by atoms with van der Waals surface area (Å²) < 4.78 is 0. The number of likely N-dealkylation sites (tertiary alicyclic amines) is 2. The van der Waals surface area contributed by atoms with Crippen LogP contribution in [0.1, 0.15) is 11.6 Å². The Morgan fingerprint density at radius 3 is 2.46 bits per heavy atom. The Hall–Kier alpha value is -0.850. The fourth-order valence-electron chi connectivity index (χ4n) is 4.84. The van der Waals surface area contributed by atoms with Gasteiger partial charge in [0.2, 0.25) is 5.91 Å². The molecule has 1 amide bonds. The third-order valence-corrected chi connectivity index (χ3v) is 5.94. The molecule has 3 atom stereocenters. The molecule has 4 rings (SSSR count). The van der Waals surface area contributed by atoms with Gasteiger partial charge in [-0.05, 0) is 24.4 Å². The molecule has 0 saturated carbocycles. The van der Waals surface area contributed by atoms with E-state index in [9.17, 15) is 4.79 Å². The predicted octanol–water partition coefficient (Wildman–Crippen LogP) is 1.50. The number of rotatable bonds is 3. The van der Waals surface area contributed by atoms with E-state index in [-0.39, 0.29) is 24.8 Å². The van der Waals surface area contributed by atoms with Crippen molar-refractivity contribution < 1.29 is 4.79 Å². The third kappa shape index (κ3) is 4.34. The Kier molecular flexibility index (Phi) is 7.74. The van der Waals surface area contributed by atoms with Crippen LogP contribution in [0.15, 0.2) is 30.3 Å². The first-order valence-electron chi connectivity index (χ1n) is 9.18. The van der Waals surface area contributed by atoms with Crippen molar-refractivity contribution in [1.82, 2.24) is 20.0 Å². The van der Waals surface area contributed by atoms with Gasteiger partial charge < -0.3 is 10.2 Å². The van der Waals surface area contributed by atoms with Gasteiger partial charge in [-0.3, -0.25) is 14.6 Å². The first-order valence-corrected chi connectivity index (χ1v) is 9.18. The van der Waals surface area contributed by atoms with Crippen LogP contribution >= 0.6 is 24.8 Å². The Morgan fingerprint density at radius 2 is 1.77 bits per heavy atom. The highest BCUT2D eigenvalue weighted by atomic mass is 35.5. The highest BCUT2D eigenvalue weighted by Crippen LogP contribution is 2.43. The van der Waals surface area contributed by atoms with Crippen molar-refractivity contribution in [3.8, 4) is 0 Å². The number of halogens is 2. The maximum absolute atomic E-state index is 12.5. The van der Waals surface area contributed by atoms with Gasteiger partial charge in [-0.2, -0.15) is 0 Å². The molecule has 1 aromatic carbocycles. The predicted molar refractivity (Wildman–Crippen MR) is 109 cm³/mol. The molecular formula is C19H30Cl2N4O. The molecule has 26 heavy (non-hydrogen) atoms. The lowest BCUT2D eigenvalue weighted by Gasteiger charge is -2.30. The van der Waals surface area contributed by atoms with E-state index < -0.39 is 0 Å². The highest BCUT2D eigenvalue weighted by Gasteiger charge is 2.46. The Labute approximate surface area is 168 Å². The van der Waals surface area contributed by atoms with Crippen molar-refractivity contribution in [2.24, 2.45) is 11.8 Å². The zero-order chi connectivity index (χ0) is 16.5. The monoisotopic (exact) mass is 400 g/mol. The van der Waals surface area contributed by atoms with E-state index >= 15 is 0 Å². The van der Waals surface area contributed by atoms with Gasteiger partial charge >= 0.3 is 0 Å². The van der Waals surface area contributed by atoms with Gasteiger partial charge in [0.25, 0.3) is 0 Å². The molecule has 146 valence electrons. The van der Waals surface area contributed by atoms with Gasteiger partial charge in [0.05, 0.1) is 6.54 Å². The number of fused-ring (bicyclic) bond motifs is 1. The Morgan fingerprint density at radius 1 is 1.08 bits per heavy atom. The molecule has 0 bridgehead atoms. The van der Waals surface area contributed by atoms with Crippen LogP contribution < -0.4 is 5.32 Å². The molecule has 7 heteroatoms. The third-order valence-electron chi connectivity index (χ3n) is 5.94. The number of carbonyl (C=O) groups excluding carboxylic acids is 1.